The zero-order valence-corrected chi connectivity index (χ0v) is 34.2. The number of esters is 7. The number of aliphatic hydroxyl groups is 2. The Labute approximate surface area is 335 Å². The predicted octanol–water partition coefficient (Wildman–Crippen LogP) is 2.64. The van der Waals surface area contributed by atoms with Crippen molar-refractivity contribution in [1.82, 2.24) is 0 Å². The van der Waals surface area contributed by atoms with Gasteiger partial charge in [0.1, 0.15) is 16.8 Å². The second kappa shape index (κ2) is 16.6. The molecule has 4 rings (SSSR count). The van der Waals surface area contributed by atoms with Crippen LogP contribution in [0.3, 0.4) is 0 Å². The second-order valence-corrected chi connectivity index (χ2v) is 16.4. The molecular formula is C41H52O17. The van der Waals surface area contributed by atoms with Gasteiger partial charge in [-0.25, -0.2) is 4.79 Å². The zero-order chi connectivity index (χ0) is 43.8. The SMILES string of the molecule is CC(=O)O[C@H]1[C@@H](OC(C)=O)C(C)(C)/C=C\[C@@](C)(O)C(=O)[C@@]2(O)C[C@@](C)(OC(C)=O)[C@H](OC(C)=O)[C@@H]2[C@H]2OC(=O)CC[C@@]2(OC(=O)c2ccccc2)[C@@H]1OC(=O)C(C)C. The minimum absolute atomic E-state index is 0.0848. The van der Waals surface area contributed by atoms with Crippen LogP contribution < -0.4 is 0 Å². The van der Waals surface area contributed by atoms with Gasteiger partial charge >= 0.3 is 41.8 Å². The number of Topliss-reactive ketones (excluding diaryl/α,β-unsaturated/α-hetero) is 1. The van der Waals surface area contributed by atoms with E-state index in [-0.39, 0.29) is 5.56 Å². The van der Waals surface area contributed by atoms with Gasteiger partial charge in [-0.3, -0.25) is 33.6 Å². The number of rotatable bonds is 8. The van der Waals surface area contributed by atoms with Crippen molar-refractivity contribution in [2.24, 2.45) is 17.3 Å². The Kier molecular flexibility index (Phi) is 13.0. The lowest BCUT2D eigenvalue weighted by Gasteiger charge is -2.53. The summed E-state index contributed by atoms with van der Waals surface area (Å²) in [4.78, 5) is 109. The second-order valence-electron chi connectivity index (χ2n) is 16.4. The Morgan fingerprint density at radius 3 is 1.84 bits per heavy atom. The highest BCUT2D eigenvalue weighted by Gasteiger charge is 2.76. The molecule has 1 aliphatic heterocycles. The van der Waals surface area contributed by atoms with Gasteiger partial charge in [-0.1, -0.05) is 52.0 Å². The van der Waals surface area contributed by atoms with E-state index in [9.17, 15) is 48.6 Å². The van der Waals surface area contributed by atoms with Gasteiger partial charge in [0.05, 0.1) is 17.4 Å². The number of fused-ring (bicyclic) bond motifs is 3. The molecule has 0 bridgehead atoms. The van der Waals surface area contributed by atoms with Crippen LogP contribution in [-0.4, -0.2) is 111 Å². The van der Waals surface area contributed by atoms with Crippen molar-refractivity contribution < 1.29 is 81.7 Å². The first-order valence-electron chi connectivity index (χ1n) is 18.8. The Balaban J connectivity index is 2.30. The Morgan fingerprint density at radius 2 is 1.31 bits per heavy atom. The van der Waals surface area contributed by atoms with Crippen LogP contribution in [0.4, 0.5) is 0 Å². The molecular weight excluding hydrogens is 764 g/mol. The van der Waals surface area contributed by atoms with Crippen molar-refractivity contribution in [3.05, 3.63) is 48.0 Å². The molecule has 318 valence electrons. The maximum Gasteiger partial charge on any atom is 0.338 e. The smallest absolute Gasteiger partial charge is 0.338 e. The standard InChI is InChI=1S/C41H52O17/c1-21(2)34(47)56-33-29(52-22(3)42)32(54-24(5)44)37(7,8)18-19-38(9,50)36(49)40(51)20-39(10,57-25(6)45)30(53-23(4)43)28(40)31-41(33,17-16-27(46)55-31)58-35(48)26-14-12-11-13-15-26/h11-15,18-19,21,28-33,50-51H,16-17,20H2,1-10H3/b19-18-/t28-,29+,30-,31-,32-,33-,38-,39-,40-,41+/m1/s1. The molecule has 0 spiro atoms. The quantitative estimate of drug-likeness (QED) is 0.218. The molecule has 1 aromatic rings. The summed E-state index contributed by atoms with van der Waals surface area (Å²) in [5.41, 5.74) is -12.1. The molecule has 1 saturated carbocycles. The molecule has 0 amide bonds. The van der Waals surface area contributed by atoms with E-state index in [1.807, 2.05) is 0 Å². The molecule has 0 aromatic heterocycles. The number of carbonyl (C=O) groups is 8. The highest BCUT2D eigenvalue weighted by molar-refractivity contribution is 5.97. The summed E-state index contributed by atoms with van der Waals surface area (Å²) in [5, 5.41) is 24.9. The first-order chi connectivity index (χ1) is 26.7. The summed E-state index contributed by atoms with van der Waals surface area (Å²) >= 11 is 0. The lowest BCUT2D eigenvalue weighted by Crippen LogP contribution is -2.72. The van der Waals surface area contributed by atoms with E-state index < -0.39 is 137 Å². The topological polar surface area (TPSA) is 242 Å². The number of hydrogen-bond donors (Lipinski definition) is 2. The molecule has 17 nitrogen and oxygen atoms in total. The fourth-order valence-corrected chi connectivity index (χ4v) is 8.21. The van der Waals surface area contributed by atoms with E-state index in [1.165, 1.54) is 65.0 Å². The molecule has 1 heterocycles. The monoisotopic (exact) mass is 816 g/mol. The summed E-state index contributed by atoms with van der Waals surface area (Å²) in [6.45, 7) is 12.2. The molecule has 2 fully saturated rings. The molecule has 3 aliphatic rings. The molecule has 1 saturated heterocycles. The maximum atomic E-state index is 14.9. The summed E-state index contributed by atoms with van der Waals surface area (Å²) in [6.07, 6.45) is -9.78. The van der Waals surface area contributed by atoms with Gasteiger partial charge in [0.25, 0.3) is 0 Å². The van der Waals surface area contributed by atoms with E-state index in [2.05, 4.69) is 0 Å². The van der Waals surface area contributed by atoms with Crippen LogP contribution in [-0.2, 0) is 66.7 Å². The number of benzene rings is 1. The van der Waals surface area contributed by atoms with Gasteiger partial charge in [-0.2, -0.15) is 0 Å². The first-order valence-corrected chi connectivity index (χ1v) is 18.8. The molecule has 58 heavy (non-hydrogen) atoms. The van der Waals surface area contributed by atoms with Crippen molar-refractivity contribution in [1.29, 1.82) is 0 Å². The molecule has 2 aliphatic carbocycles. The molecule has 0 radical (unpaired) electrons. The summed E-state index contributed by atoms with van der Waals surface area (Å²) in [5.74, 6) is -11.4. The Hall–Kier alpha value is -5.16. The predicted molar refractivity (Wildman–Crippen MR) is 197 cm³/mol. The third kappa shape index (κ3) is 9.09. The molecule has 1 aromatic carbocycles. The first kappa shape index (κ1) is 45.5. The lowest BCUT2D eigenvalue weighted by atomic mass is 9.66. The zero-order valence-electron chi connectivity index (χ0n) is 34.2. The number of hydrogen-bond acceptors (Lipinski definition) is 17. The van der Waals surface area contributed by atoms with Crippen molar-refractivity contribution in [2.75, 3.05) is 0 Å². The van der Waals surface area contributed by atoms with Crippen molar-refractivity contribution in [2.45, 2.75) is 141 Å². The fraction of sp³-hybridized carbons (Fsp3) is 0.610. The van der Waals surface area contributed by atoms with E-state index in [0.29, 0.717) is 0 Å². The van der Waals surface area contributed by atoms with Gasteiger partial charge in [-0.15, -0.1) is 0 Å². The highest BCUT2D eigenvalue weighted by atomic mass is 16.7. The highest BCUT2D eigenvalue weighted by Crippen LogP contribution is 2.56. The van der Waals surface area contributed by atoms with Crippen LogP contribution in [0.5, 0.6) is 0 Å². The lowest BCUT2D eigenvalue weighted by molar-refractivity contribution is -0.265. The van der Waals surface area contributed by atoms with Crippen molar-refractivity contribution in [3.63, 3.8) is 0 Å². The summed E-state index contributed by atoms with van der Waals surface area (Å²) in [6, 6.07) is 7.37. The fourth-order valence-electron chi connectivity index (χ4n) is 8.21. The minimum Gasteiger partial charge on any atom is -0.458 e. The van der Waals surface area contributed by atoms with Crippen LogP contribution in [0.1, 0.15) is 98.9 Å². The molecule has 10 atom stereocenters. The third-order valence-corrected chi connectivity index (χ3v) is 10.7. The van der Waals surface area contributed by atoms with E-state index in [1.54, 1.807) is 6.07 Å². The minimum atomic E-state index is -2.99. The average molecular weight is 817 g/mol. The van der Waals surface area contributed by atoms with Crippen LogP contribution in [0, 0.1) is 17.3 Å². The average Bonchev–Trinajstić information content (AvgIpc) is 3.32. The van der Waals surface area contributed by atoms with E-state index >= 15 is 0 Å². The molecule has 0 unspecified atom stereocenters. The normalized spacial score (nSPS) is 35.0. The number of carbonyl (C=O) groups excluding carboxylic acids is 8. The Morgan fingerprint density at radius 1 is 0.741 bits per heavy atom. The van der Waals surface area contributed by atoms with Crippen LogP contribution in [0.2, 0.25) is 0 Å². The summed E-state index contributed by atoms with van der Waals surface area (Å²) < 4.78 is 41.8. The van der Waals surface area contributed by atoms with Crippen LogP contribution >= 0.6 is 0 Å². The van der Waals surface area contributed by atoms with Gasteiger partial charge in [-0.05, 0) is 32.1 Å². The third-order valence-electron chi connectivity index (χ3n) is 10.7. The number of ketones is 1. The van der Waals surface area contributed by atoms with Crippen molar-refractivity contribution in [3.8, 4) is 0 Å². The van der Waals surface area contributed by atoms with Gasteiger partial charge in [0, 0.05) is 52.4 Å². The van der Waals surface area contributed by atoms with E-state index in [0.717, 1.165) is 40.7 Å². The van der Waals surface area contributed by atoms with Gasteiger partial charge in [0.15, 0.2) is 41.9 Å². The largest absolute Gasteiger partial charge is 0.458 e. The van der Waals surface area contributed by atoms with E-state index in [4.69, 9.17) is 33.2 Å². The van der Waals surface area contributed by atoms with Gasteiger partial charge < -0.3 is 43.4 Å². The summed E-state index contributed by atoms with van der Waals surface area (Å²) in [7, 11) is 0. The molecule has 17 heteroatoms. The Bertz CT molecular complexity index is 1850. The number of ether oxygens (including phenoxy) is 7. The van der Waals surface area contributed by atoms with Gasteiger partial charge in [0.2, 0.25) is 0 Å². The maximum absolute atomic E-state index is 14.9. The van der Waals surface area contributed by atoms with Crippen LogP contribution in [0.25, 0.3) is 0 Å². The van der Waals surface area contributed by atoms with Crippen molar-refractivity contribution >= 4 is 47.6 Å². The molecule has 2 N–H and O–H groups in total. The van der Waals surface area contributed by atoms with Crippen LogP contribution in [0.15, 0.2) is 42.5 Å².